The van der Waals surface area contributed by atoms with Crippen LogP contribution in [0.25, 0.3) is 0 Å². The van der Waals surface area contributed by atoms with Gasteiger partial charge in [0.1, 0.15) is 5.75 Å². The maximum Gasteiger partial charge on any atom is 0.223 e. The molecule has 0 saturated carbocycles. The smallest absolute Gasteiger partial charge is 0.223 e. The number of benzene rings is 1. The fourth-order valence-corrected chi connectivity index (χ4v) is 3.31. The molecule has 0 aromatic heterocycles. The van der Waals surface area contributed by atoms with Gasteiger partial charge in [-0.25, -0.2) is 0 Å². The van der Waals surface area contributed by atoms with Crippen LogP contribution < -0.4 is 4.74 Å². The third-order valence-corrected chi connectivity index (χ3v) is 4.57. The molecule has 1 aromatic carbocycles. The number of carbonyl (C=O) groups is 1. The van der Waals surface area contributed by atoms with Crippen molar-refractivity contribution in [2.24, 2.45) is 0 Å². The lowest BCUT2D eigenvalue weighted by molar-refractivity contribution is -0.138. The molecule has 1 heterocycles. The van der Waals surface area contributed by atoms with Gasteiger partial charge in [0, 0.05) is 31.7 Å². The zero-order valence-electron chi connectivity index (χ0n) is 14.7. The molecular weight excluding hydrogens is 290 g/mol. The average Bonchev–Trinajstić information content (AvgIpc) is 2.55. The SMILES string of the molecule is COc1cccc([C@@H](C)CC(=O)N(C(C)C)C2CCOCC2)c1. The Morgan fingerprint density at radius 3 is 2.61 bits per heavy atom. The van der Waals surface area contributed by atoms with E-state index >= 15 is 0 Å². The second-order valence-corrected chi connectivity index (χ2v) is 6.62. The molecule has 4 nitrogen and oxygen atoms in total. The van der Waals surface area contributed by atoms with Gasteiger partial charge in [0.05, 0.1) is 7.11 Å². The summed E-state index contributed by atoms with van der Waals surface area (Å²) in [6, 6.07) is 8.53. The highest BCUT2D eigenvalue weighted by molar-refractivity contribution is 5.77. The molecule has 1 aliphatic heterocycles. The Morgan fingerprint density at radius 1 is 1.30 bits per heavy atom. The van der Waals surface area contributed by atoms with E-state index in [1.807, 2.05) is 18.2 Å². The van der Waals surface area contributed by atoms with Crippen molar-refractivity contribution in [3.8, 4) is 5.75 Å². The van der Waals surface area contributed by atoms with Gasteiger partial charge in [-0.1, -0.05) is 19.1 Å². The van der Waals surface area contributed by atoms with E-state index in [1.54, 1.807) is 7.11 Å². The Balaban J connectivity index is 2.04. The lowest BCUT2D eigenvalue weighted by atomic mass is 9.95. The van der Waals surface area contributed by atoms with Crippen molar-refractivity contribution in [3.63, 3.8) is 0 Å². The van der Waals surface area contributed by atoms with E-state index in [0.717, 1.165) is 37.4 Å². The van der Waals surface area contributed by atoms with Gasteiger partial charge in [0.2, 0.25) is 5.91 Å². The van der Waals surface area contributed by atoms with Crippen LogP contribution in [0.4, 0.5) is 0 Å². The van der Waals surface area contributed by atoms with Crippen LogP contribution in [0, 0.1) is 0 Å². The first-order chi connectivity index (χ1) is 11.0. The quantitative estimate of drug-likeness (QED) is 0.804. The molecule has 1 aliphatic rings. The van der Waals surface area contributed by atoms with E-state index in [0.29, 0.717) is 12.5 Å². The van der Waals surface area contributed by atoms with Crippen LogP contribution in [0.2, 0.25) is 0 Å². The van der Waals surface area contributed by atoms with Crippen molar-refractivity contribution in [2.75, 3.05) is 20.3 Å². The molecule has 1 amide bonds. The zero-order valence-corrected chi connectivity index (χ0v) is 14.7. The van der Waals surface area contributed by atoms with E-state index < -0.39 is 0 Å². The molecule has 1 fully saturated rings. The van der Waals surface area contributed by atoms with Crippen LogP contribution in [0.5, 0.6) is 5.75 Å². The van der Waals surface area contributed by atoms with Crippen molar-refractivity contribution in [3.05, 3.63) is 29.8 Å². The maximum atomic E-state index is 12.9. The van der Waals surface area contributed by atoms with Crippen LogP contribution in [0.3, 0.4) is 0 Å². The Hall–Kier alpha value is -1.55. The average molecular weight is 319 g/mol. The van der Waals surface area contributed by atoms with Gasteiger partial charge in [-0.3, -0.25) is 4.79 Å². The summed E-state index contributed by atoms with van der Waals surface area (Å²) in [5.41, 5.74) is 1.15. The zero-order chi connectivity index (χ0) is 16.8. The summed E-state index contributed by atoms with van der Waals surface area (Å²) in [7, 11) is 1.67. The van der Waals surface area contributed by atoms with Gasteiger partial charge in [-0.2, -0.15) is 0 Å². The molecule has 23 heavy (non-hydrogen) atoms. The van der Waals surface area contributed by atoms with Gasteiger partial charge in [-0.05, 0) is 50.3 Å². The minimum atomic E-state index is 0.179. The van der Waals surface area contributed by atoms with Crippen molar-refractivity contribution in [1.82, 2.24) is 4.90 Å². The van der Waals surface area contributed by atoms with Crippen LogP contribution in [-0.4, -0.2) is 43.2 Å². The van der Waals surface area contributed by atoms with Crippen molar-refractivity contribution < 1.29 is 14.3 Å². The molecule has 1 aromatic rings. The van der Waals surface area contributed by atoms with Gasteiger partial charge in [-0.15, -0.1) is 0 Å². The topological polar surface area (TPSA) is 38.8 Å². The predicted octanol–water partition coefficient (Wildman–Crippen LogP) is 3.60. The van der Waals surface area contributed by atoms with Crippen LogP contribution >= 0.6 is 0 Å². The number of hydrogen-bond acceptors (Lipinski definition) is 3. The Labute approximate surface area is 139 Å². The van der Waals surface area contributed by atoms with E-state index in [-0.39, 0.29) is 17.9 Å². The molecule has 0 N–H and O–H groups in total. The first kappa shape index (κ1) is 17.8. The third kappa shape index (κ3) is 4.71. The summed E-state index contributed by atoms with van der Waals surface area (Å²) in [5, 5.41) is 0. The number of methoxy groups -OCH3 is 1. The molecule has 1 atom stereocenters. The molecule has 4 heteroatoms. The van der Waals surface area contributed by atoms with Gasteiger partial charge < -0.3 is 14.4 Å². The second kappa shape index (κ2) is 8.34. The molecule has 0 bridgehead atoms. The standard InChI is InChI=1S/C19H29NO3/c1-14(2)20(17-8-10-23-11-9-17)19(21)12-15(3)16-6-5-7-18(13-16)22-4/h5-7,13-15,17H,8-12H2,1-4H3/t15-/m0/s1. The monoisotopic (exact) mass is 319 g/mol. The minimum Gasteiger partial charge on any atom is -0.497 e. The molecule has 128 valence electrons. The highest BCUT2D eigenvalue weighted by Crippen LogP contribution is 2.26. The van der Waals surface area contributed by atoms with Gasteiger partial charge >= 0.3 is 0 Å². The summed E-state index contributed by atoms with van der Waals surface area (Å²) in [6.07, 6.45) is 2.41. The number of hydrogen-bond donors (Lipinski definition) is 0. The Kier molecular flexibility index (Phi) is 6.46. The normalized spacial score (nSPS) is 17.1. The minimum absolute atomic E-state index is 0.179. The molecule has 1 saturated heterocycles. The lowest BCUT2D eigenvalue weighted by Crippen LogP contribution is -2.47. The molecule has 0 radical (unpaired) electrons. The fraction of sp³-hybridized carbons (Fsp3) is 0.632. The second-order valence-electron chi connectivity index (χ2n) is 6.62. The number of rotatable bonds is 6. The summed E-state index contributed by atoms with van der Waals surface area (Å²) < 4.78 is 10.7. The molecule has 0 spiro atoms. The fourth-order valence-electron chi connectivity index (χ4n) is 3.31. The highest BCUT2D eigenvalue weighted by Gasteiger charge is 2.28. The van der Waals surface area contributed by atoms with Crippen LogP contribution in [0.1, 0.15) is 51.5 Å². The molecule has 2 rings (SSSR count). The predicted molar refractivity (Wildman–Crippen MR) is 91.8 cm³/mol. The number of carbonyl (C=O) groups excluding carboxylic acids is 1. The summed E-state index contributed by atoms with van der Waals surface area (Å²) >= 11 is 0. The largest absolute Gasteiger partial charge is 0.497 e. The van der Waals surface area contributed by atoms with Gasteiger partial charge in [0.15, 0.2) is 0 Å². The highest BCUT2D eigenvalue weighted by atomic mass is 16.5. The van der Waals surface area contributed by atoms with Crippen LogP contribution in [-0.2, 0) is 9.53 Å². The number of ether oxygens (including phenoxy) is 2. The summed E-state index contributed by atoms with van der Waals surface area (Å²) in [5.74, 6) is 1.26. The van der Waals surface area contributed by atoms with Crippen molar-refractivity contribution >= 4 is 5.91 Å². The lowest BCUT2D eigenvalue weighted by Gasteiger charge is -2.38. The first-order valence-corrected chi connectivity index (χ1v) is 8.55. The van der Waals surface area contributed by atoms with E-state index in [1.165, 1.54) is 0 Å². The van der Waals surface area contributed by atoms with E-state index in [4.69, 9.17) is 9.47 Å². The van der Waals surface area contributed by atoms with Crippen molar-refractivity contribution in [1.29, 1.82) is 0 Å². The van der Waals surface area contributed by atoms with E-state index in [9.17, 15) is 4.79 Å². The summed E-state index contributed by atoms with van der Waals surface area (Å²) in [4.78, 5) is 14.9. The Morgan fingerprint density at radius 2 is 2.00 bits per heavy atom. The first-order valence-electron chi connectivity index (χ1n) is 8.55. The van der Waals surface area contributed by atoms with E-state index in [2.05, 4.69) is 31.7 Å². The Bertz CT molecular complexity index is 509. The molecule has 0 unspecified atom stereocenters. The molecular formula is C19H29NO3. The summed E-state index contributed by atoms with van der Waals surface area (Å²) in [6.45, 7) is 7.82. The molecule has 0 aliphatic carbocycles. The number of amides is 1. The van der Waals surface area contributed by atoms with Crippen LogP contribution in [0.15, 0.2) is 24.3 Å². The third-order valence-electron chi connectivity index (χ3n) is 4.57. The van der Waals surface area contributed by atoms with Crippen molar-refractivity contribution in [2.45, 2.75) is 58.0 Å². The number of nitrogens with zero attached hydrogens (tertiary/aromatic N) is 1. The van der Waals surface area contributed by atoms with Gasteiger partial charge in [0.25, 0.3) is 0 Å². The maximum absolute atomic E-state index is 12.9.